The summed E-state index contributed by atoms with van der Waals surface area (Å²) in [6.45, 7) is 1.98. The molecule has 86 valence electrons. The predicted molar refractivity (Wildman–Crippen MR) is 61.7 cm³/mol. The Morgan fingerprint density at radius 1 is 1.25 bits per heavy atom. The summed E-state index contributed by atoms with van der Waals surface area (Å²) in [7, 11) is -0.332. The molecule has 0 bridgehead atoms. The zero-order chi connectivity index (χ0) is 12.1. The van der Waals surface area contributed by atoms with Crippen molar-refractivity contribution in [1.29, 1.82) is 0 Å². The van der Waals surface area contributed by atoms with Gasteiger partial charge in [-0.3, -0.25) is 4.48 Å². The smallest absolute Gasteiger partial charge is 0.144 e. The van der Waals surface area contributed by atoms with Crippen molar-refractivity contribution in [2.24, 2.45) is 0 Å². The van der Waals surface area contributed by atoms with Gasteiger partial charge in [0.1, 0.15) is 21.5 Å². The highest BCUT2D eigenvalue weighted by Gasteiger charge is 2.31. The molecule has 16 heavy (non-hydrogen) atoms. The highest BCUT2D eigenvalue weighted by Crippen LogP contribution is 2.37. The summed E-state index contributed by atoms with van der Waals surface area (Å²) in [5.41, 5.74) is 2.92. The van der Waals surface area contributed by atoms with E-state index in [1.807, 2.05) is 27.1 Å². The molecule has 0 aliphatic carbocycles. The molecular formula is C11H13NO3S. The van der Waals surface area contributed by atoms with Crippen molar-refractivity contribution in [3.63, 3.8) is 0 Å². The Hall–Kier alpha value is -1.17. The molecule has 1 aliphatic heterocycles. The van der Waals surface area contributed by atoms with E-state index in [4.69, 9.17) is 0 Å². The predicted octanol–water partition coefficient (Wildman–Crippen LogP) is 1.53. The number of rotatable bonds is 1. The molecule has 0 unspecified atom stereocenters. The van der Waals surface area contributed by atoms with E-state index in [9.17, 15) is 13.0 Å². The Morgan fingerprint density at radius 2 is 1.88 bits per heavy atom. The zero-order valence-electron chi connectivity index (χ0n) is 9.39. The largest absolute Gasteiger partial charge is 0.744 e. The number of nitrogens with zero attached hydrogens (tertiary/aromatic N) is 1. The molecule has 0 saturated heterocycles. The monoisotopic (exact) mass is 239 g/mol. The summed E-state index contributed by atoms with van der Waals surface area (Å²) in [5.74, 6) is 0. The van der Waals surface area contributed by atoms with Gasteiger partial charge in [-0.1, -0.05) is 0 Å². The van der Waals surface area contributed by atoms with Gasteiger partial charge in [0.25, 0.3) is 0 Å². The van der Waals surface area contributed by atoms with Crippen LogP contribution in [-0.4, -0.2) is 27.1 Å². The van der Waals surface area contributed by atoms with Crippen molar-refractivity contribution in [2.45, 2.75) is 11.8 Å². The number of allylic oxidation sites excluding steroid dienone is 1. The highest BCUT2D eigenvalue weighted by molar-refractivity contribution is 7.85. The van der Waals surface area contributed by atoms with Crippen LogP contribution in [0.4, 0.5) is 5.69 Å². The average molecular weight is 239 g/mol. The van der Waals surface area contributed by atoms with Gasteiger partial charge in [0.15, 0.2) is 0 Å². The first-order valence-corrected chi connectivity index (χ1v) is 6.27. The Kier molecular flexibility index (Phi) is 2.24. The fourth-order valence-electron chi connectivity index (χ4n) is 1.89. The standard InChI is InChI=1S/C11H13NO3S/c1-8-6-9-7-10(16(13,14)15)4-5-11(9)12(8,2)3/h4-7H,1-3H3. The van der Waals surface area contributed by atoms with Crippen LogP contribution in [0.15, 0.2) is 28.8 Å². The molecule has 2 rings (SSSR count). The van der Waals surface area contributed by atoms with Gasteiger partial charge in [-0.2, -0.15) is 0 Å². The van der Waals surface area contributed by atoms with E-state index < -0.39 is 10.1 Å². The van der Waals surface area contributed by atoms with Crippen LogP contribution in [-0.2, 0) is 10.1 Å². The van der Waals surface area contributed by atoms with Gasteiger partial charge in [-0.25, -0.2) is 8.42 Å². The number of hydrogen-bond donors (Lipinski definition) is 0. The summed E-state index contributed by atoms with van der Waals surface area (Å²) < 4.78 is 33.3. The number of hydrogen-bond acceptors (Lipinski definition) is 3. The van der Waals surface area contributed by atoms with Gasteiger partial charge in [-0.15, -0.1) is 0 Å². The fraction of sp³-hybridized carbons (Fsp3) is 0.273. The summed E-state index contributed by atoms with van der Waals surface area (Å²) in [4.78, 5) is -0.169. The Bertz CT molecular complexity index is 585. The van der Waals surface area contributed by atoms with Crippen LogP contribution in [0.5, 0.6) is 0 Å². The molecule has 0 N–H and O–H groups in total. The van der Waals surface area contributed by atoms with Gasteiger partial charge < -0.3 is 4.55 Å². The summed E-state index contributed by atoms with van der Waals surface area (Å²) in [6.07, 6.45) is 1.91. The molecule has 0 fully saturated rings. The molecule has 1 aromatic carbocycles. The molecule has 0 radical (unpaired) electrons. The van der Waals surface area contributed by atoms with E-state index in [2.05, 4.69) is 0 Å². The lowest BCUT2D eigenvalue weighted by atomic mass is 10.2. The first-order valence-electron chi connectivity index (χ1n) is 4.86. The zero-order valence-corrected chi connectivity index (χ0v) is 10.2. The quantitative estimate of drug-likeness (QED) is 0.551. The molecule has 0 atom stereocenters. The lowest BCUT2D eigenvalue weighted by Crippen LogP contribution is -2.35. The molecule has 1 aliphatic rings. The minimum absolute atomic E-state index is 0.169. The van der Waals surface area contributed by atoms with E-state index in [-0.39, 0.29) is 4.90 Å². The molecule has 4 nitrogen and oxygen atoms in total. The summed E-state index contributed by atoms with van der Waals surface area (Å²) >= 11 is 0. The maximum Gasteiger partial charge on any atom is 0.144 e. The van der Waals surface area contributed by atoms with Crippen molar-refractivity contribution >= 4 is 21.9 Å². The second-order valence-corrected chi connectivity index (χ2v) is 5.79. The first kappa shape index (κ1) is 11.3. The lowest BCUT2D eigenvalue weighted by Gasteiger charge is -2.25. The molecule has 0 amide bonds. The van der Waals surface area contributed by atoms with Crippen molar-refractivity contribution in [1.82, 2.24) is 4.48 Å². The first-order chi connectivity index (χ1) is 7.23. The third-order valence-corrected chi connectivity index (χ3v) is 3.97. The van der Waals surface area contributed by atoms with E-state index in [0.29, 0.717) is 4.48 Å². The highest BCUT2D eigenvalue weighted by atomic mass is 32.2. The summed E-state index contributed by atoms with van der Waals surface area (Å²) in [6, 6.07) is 4.51. The van der Waals surface area contributed by atoms with Gasteiger partial charge in [-0.05, 0) is 12.1 Å². The Balaban J connectivity index is 2.65. The third kappa shape index (κ3) is 1.57. The van der Waals surface area contributed by atoms with Crippen LogP contribution in [0.25, 0.3) is 6.08 Å². The maximum absolute atomic E-state index is 10.9. The van der Waals surface area contributed by atoms with Crippen molar-refractivity contribution in [2.75, 3.05) is 14.1 Å². The molecule has 1 heterocycles. The van der Waals surface area contributed by atoms with Crippen molar-refractivity contribution in [3.05, 3.63) is 29.5 Å². The van der Waals surface area contributed by atoms with Gasteiger partial charge >= 0.3 is 0 Å². The normalized spacial score (nSPS) is 18.1. The van der Waals surface area contributed by atoms with E-state index in [1.54, 1.807) is 6.07 Å². The molecule has 5 heteroatoms. The molecule has 0 saturated carbocycles. The second-order valence-electron chi connectivity index (χ2n) is 4.41. The Labute approximate surface area is 95.2 Å². The second kappa shape index (κ2) is 3.16. The van der Waals surface area contributed by atoms with E-state index >= 15 is 0 Å². The number of fused-ring (bicyclic) bond motifs is 1. The van der Waals surface area contributed by atoms with Crippen LogP contribution in [0, 0.1) is 0 Å². The molecule has 0 aromatic heterocycles. The molecule has 0 spiro atoms. The van der Waals surface area contributed by atoms with Crippen LogP contribution >= 0.6 is 0 Å². The third-order valence-electron chi connectivity index (χ3n) is 3.14. The number of benzene rings is 1. The van der Waals surface area contributed by atoms with Gasteiger partial charge in [0, 0.05) is 24.6 Å². The minimum atomic E-state index is -4.37. The SMILES string of the molecule is CC1=Cc2cc(S(=O)(=O)[O-])ccc2[N+]1(C)C. The maximum atomic E-state index is 10.9. The van der Waals surface area contributed by atoms with Gasteiger partial charge in [0.05, 0.1) is 19.0 Å². The lowest BCUT2D eigenvalue weighted by molar-refractivity contribution is 0.462. The van der Waals surface area contributed by atoms with Crippen molar-refractivity contribution in [3.8, 4) is 0 Å². The van der Waals surface area contributed by atoms with Crippen LogP contribution in [0.3, 0.4) is 0 Å². The molecule has 1 aromatic rings. The summed E-state index contributed by atoms with van der Waals surface area (Å²) in [5, 5.41) is 0. The topological polar surface area (TPSA) is 57.2 Å². The van der Waals surface area contributed by atoms with Gasteiger partial charge in [0.2, 0.25) is 0 Å². The van der Waals surface area contributed by atoms with E-state index in [1.165, 1.54) is 12.1 Å². The van der Waals surface area contributed by atoms with Crippen LogP contribution in [0.2, 0.25) is 0 Å². The minimum Gasteiger partial charge on any atom is -0.744 e. The number of quaternary nitrogens is 1. The van der Waals surface area contributed by atoms with Crippen LogP contribution in [0.1, 0.15) is 12.5 Å². The fourth-order valence-corrected chi connectivity index (χ4v) is 2.40. The molecular weight excluding hydrogens is 226 g/mol. The van der Waals surface area contributed by atoms with Crippen LogP contribution < -0.4 is 4.48 Å². The van der Waals surface area contributed by atoms with Crippen molar-refractivity contribution < 1.29 is 13.0 Å². The Morgan fingerprint density at radius 3 is 2.44 bits per heavy atom. The average Bonchev–Trinajstić information content (AvgIpc) is 2.36. The van der Waals surface area contributed by atoms with E-state index in [0.717, 1.165) is 16.9 Å².